The fourth-order valence-corrected chi connectivity index (χ4v) is 3.68. The van der Waals surface area contributed by atoms with Crippen molar-refractivity contribution in [1.82, 2.24) is 15.1 Å². The molecule has 0 bridgehead atoms. The van der Waals surface area contributed by atoms with E-state index < -0.39 is 0 Å². The van der Waals surface area contributed by atoms with Crippen LogP contribution in [-0.4, -0.2) is 22.7 Å². The van der Waals surface area contributed by atoms with Gasteiger partial charge in [-0.25, -0.2) is 0 Å². The number of amides is 1. The van der Waals surface area contributed by atoms with Crippen molar-refractivity contribution < 1.29 is 4.79 Å². The zero-order valence-electron chi connectivity index (χ0n) is 12.5. The van der Waals surface area contributed by atoms with Crippen LogP contribution in [-0.2, 0) is 4.79 Å². The maximum atomic E-state index is 11.8. The highest BCUT2D eigenvalue weighted by atomic mass is 32.2. The number of nitrogens with zero attached hydrogens (tertiary/aromatic N) is 2. The second kappa shape index (κ2) is 6.97. The molecule has 1 N–H and O–H groups in total. The summed E-state index contributed by atoms with van der Waals surface area (Å²) >= 11 is 1.51. The van der Waals surface area contributed by atoms with E-state index in [4.69, 9.17) is 0 Å². The highest BCUT2D eigenvalue weighted by Gasteiger charge is 2.21. The van der Waals surface area contributed by atoms with Gasteiger partial charge in [-0.3, -0.25) is 9.48 Å². The molecule has 0 atom stereocenters. The van der Waals surface area contributed by atoms with Crippen LogP contribution in [0.15, 0.2) is 22.1 Å². The van der Waals surface area contributed by atoms with E-state index in [-0.39, 0.29) is 5.91 Å². The van der Waals surface area contributed by atoms with E-state index in [9.17, 15) is 4.79 Å². The van der Waals surface area contributed by atoms with Crippen LogP contribution in [0.4, 0.5) is 0 Å². The van der Waals surface area contributed by atoms with Gasteiger partial charge in [-0.2, -0.15) is 5.10 Å². The third-order valence-corrected chi connectivity index (χ3v) is 4.83. The zero-order chi connectivity index (χ0) is 14.5. The summed E-state index contributed by atoms with van der Waals surface area (Å²) in [7, 11) is 1.66. The van der Waals surface area contributed by atoms with Crippen LogP contribution >= 0.6 is 11.8 Å². The predicted octanol–water partition coefficient (Wildman–Crippen LogP) is 3.44. The fraction of sp³-hybridized carbons (Fsp3) is 0.600. The normalized spacial score (nSPS) is 17.2. The van der Waals surface area contributed by atoms with Crippen molar-refractivity contribution in [3.63, 3.8) is 0 Å². The molecule has 2 rings (SSSR count). The molecule has 0 spiro atoms. The average Bonchev–Trinajstić information content (AvgIpc) is 2.85. The Morgan fingerprint density at radius 2 is 2.15 bits per heavy atom. The van der Waals surface area contributed by atoms with Gasteiger partial charge in [0.15, 0.2) is 0 Å². The first-order valence-electron chi connectivity index (χ1n) is 7.28. The number of aryl methyl sites for hydroxylation is 1. The Labute approximate surface area is 125 Å². The van der Waals surface area contributed by atoms with Crippen molar-refractivity contribution in [3.8, 4) is 0 Å². The van der Waals surface area contributed by atoms with Crippen molar-refractivity contribution in [3.05, 3.63) is 22.7 Å². The van der Waals surface area contributed by atoms with E-state index in [1.54, 1.807) is 7.05 Å². The SMILES string of the molecule is C/C=C(\Sc1cc(C)nn1C1CCCCC1)C(=O)NC. The molecule has 0 radical (unpaired) electrons. The zero-order valence-corrected chi connectivity index (χ0v) is 13.3. The van der Waals surface area contributed by atoms with Gasteiger partial charge in [0.25, 0.3) is 5.91 Å². The third kappa shape index (κ3) is 3.45. The van der Waals surface area contributed by atoms with Crippen molar-refractivity contribution in [2.24, 2.45) is 0 Å². The number of allylic oxidation sites excluding steroid dienone is 1. The van der Waals surface area contributed by atoms with Crippen LogP contribution in [0.3, 0.4) is 0 Å². The Morgan fingerprint density at radius 3 is 2.75 bits per heavy atom. The maximum absolute atomic E-state index is 11.8. The number of rotatable bonds is 4. The van der Waals surface area contributed by atoms with Crippen molar-refractivity contribution >= 4 is 17.7 Å². The number of likely N-dealkylation sites (N-methyl/N-ethyl adjacent to an activating group) is 1. The number of thioether (sulfide) groups is 1. The largest absolute Gasteiger partial charge is 0.355 e. The quantitative estimate of drug-likeness (QED) is 0.683. The van der Waals surface area contributed by atoms with Crippen LogP contribution in [0.1, 0.15) is 50.8 Å². The highest BCUT2D eigenvalue weighted by Crippen LogP contribution is 2.34. The molecule has 1 saturated carbocycles. The first-order chi connectivity index (χ1) is 9.65. The minimum atomic E-state index is -0.0356. The summed E-state index contributed by atoms with van der Waals surface area (Å²) in [6.07, 6.45) is 8.13. The second-order valence-corrected chi connectivity index (χ2v) is 6.26. The van der Waals surface area contributed by atoms with Crippen LogP contribution < -0.4 is 5.32 Å². The van der Waals surface area contributed by atoms with E-state index in [1.165, 1.54) is 43.9 Å². The molecule has 1 heterocycles. The number of nitrogens with one attached hydrogen (secondary N) is 1. The van der Waals surface area contributed by atoms with Crippen molar-refractivity contribution in [2.45, 2.75) is 57.0 Å². The molecule has 1 aromatic heterocycles. The monoisotopic (exact) mass is 293 g/mol. The lowest BCUT2D eigenvalue weighted by atomic mass is 9.96. The Bertz CT molecular complexity index is 501. The molecule has 0 aromatic carbocycles. The molecule has 1 aromatic rings. The van der Waals surface area contributed by atoms with Crippen LogP contribution in [0, 0.1) is 6.92 Å². The van der Waals surface area contributed by atoms with Crippen LogP contribution in [0.2, 0.25) is 0 Å². The lowest BCUT2D eigenvalue weighted by molar-refractivity contribution is -0.116. The van der Waals surface area contributed by atoms with Crippen LogP contribution in [0.25, 0.3) is 0 Å². The third-order valence-electron chi connectivity index (χ3n) is 3.67. The minimum absolute atomic E-state index is 0.0356. The van der Waals surface area contributed by atoms with Gasteiger partial charge in [-0.15, -0.1) is 0 Å². The Kier molecular flexibility index (Phi) is 5.29. The summed E-state index contributed by atoms with van der Waals surface area (Å²) in [5.74, 6) is -0.0356. The first kappa shape index (κ1) is 15.2. The smallest absolute Gasteiger partial charge is 0.257 e. The van der Waals surface area contributed by atoms with E-state index in [0.717, 1.165) is 15.6 Å². The van der Waals surface area contributed by atoms with E-state index in [2.05, 4.69) is 21.2 Å². The Hall–Kier alpha value is -1.23. The summed E-state index contributed by atoms with van der Waals surface area (Å²) in [6, 6.07) is 2.56. The molecule has 1 amide bonds. The van der Waals surface area contributed by atoms with Crippen molar-refractivity contribution in [1.29, 1.82) is 0 Å². The van der Waals surface area contributed by atoms with E-state index in [1.807, 2.05) is 19.9 Å². The molecule has 4 nitrogen and oxygen atoms in total. The first-order valence-corrected chi connectivity index (χ1v) is 8.09. The van der Waals surface area contributed by atoms with Crippen LogP contribution in [0.5, 0.6) is 0 Å². The minimum Gasteiger partial charge on any atom is -0.355 e. The predicted molar refractivity (Wildman–Crippen MR) is 82.8 cm³/mol. The van der Waals surface area contributed by atoms with Gasteiger partial charge in [0, 0.05) is 7.05 Å². The van der Waals surface area contributed by atoms with Crippen molar-refractivity contribution in [2.75, 3.05) is 7.05 Å². The Balaban J connectivity index is 2.21. The molecule has 110 valence electrons. The second-order valence-electron chi connectivity index (χ2n) is 5.19. The lowest BCUT2D eigenvalue weighted by Gasteiger charge is -2.23. The molecule has 1 aliphatic rings. The molecule has 1 aliphatic carbocycles. The molecular weight excluding hydrogens is 270 g/mol. The Morgan fingerprint density at radius 1 is 1.45 bits per heavy atom. The average molecular weight is 293 g/mol. The highest BCUT2D eigenvalue weighted by molar-refractivity contribution is 8.04. The molecule has 0 saturated heterocycles. The summed E-state index contributed by atoms with van der Waals surface area (Å²) < 4.78 is 2.13. The summed E-state index contributed by atoms with van der Waals surface area (Å²) in [4.78, 5) is 12.5. The van der Waals surface area contributed by atoms with Gasteiger partial charge in [0.1, 0.15) is 0 Å². The maximum Gasteiger partial charge on any atom is 0.257 e. The standard InChI is InChI=1S/C15H23N3OS/c1-4-13(15(19)16-3)20-14-10-11(2)17-18(14)12-8-6-5-7-9-12/h4,10,12H,5-9H2,1-3H3,(H,16,19)/b13-4-. The topological polar surface area (TPSA) is 46.9 Å². The van der Waals surface area contributed by atoms with Gasteiger partial charge in [-0.1, -0.05) is 37.1 Å². The molecule has 5 heteroatoms. The number of hydrogen-bond donors (Lipinski definition) is 1. The molecule has 0 unspecified atom stereocenters. The number of aromatic nitrogens is 2. The van der Waals surface area contributed by atoms with E-state index >= 15 is 0 Å². The van der Waals surface area contributed by atoms with E-state index in [0.29, 0.717) is 6.04 Å². The fourth-order valence-electron chi connectivity index (χ4n) is 2.63. The molecule has 1 fully saturated rings. The van der Waals surface area contributed by atoms with Gasteiger partial charge in [-0.05, 0) is 32.8 Å². The van der Waals surface area contributed by atoms with Gasteiger partial charge < -0.3 is 5.32 Å². The van der Waals surface area contributed by atoms with Gasteiger partial charge >= 0.3 is 0 Å². The summed E-state index contributed by atoms with van der Waals surface area (Å²) in [6.45, 7) is 3.91. The molecular formula is C15H23N3OS. The number of carbonyl (C=O) groups excluding carboxylic acids is 1. The summed E-state index contributed by atoms with van der Waals surface area (Å²) in [5, 5.41) is 8.40. The van der Waals surface area contributed by atoms with Gasteiger partial charge in [0.2, 0.25) is 0 Å². The lowest BCUT2D eigenvalue weighted by Crippen LogP contribution is -2.19. The molecule has 20 heavy (non-hydrogen) atoms. The summed E-state index contributed by atoms with van der Waals surface area (Å²) in [5.41, 5.74) is 1.02. The number of carbonyl (C=O) groups is 1. The van der Waals surface area contributed by atoms with Gasteiger partial charge in [0.05, 0.1) is 21.7 Å². The molecule has 0 aliphatic heterocycles. The number of hydrogen-bond acceptors (Lipinski definition) is 3.